The lowest BCUT2D eigenvalue weighted by Crippen LogP contribution is -2.06. The third kappa shape index (κ3) is 2.71. The van der Waals surface area contributed by atoms with Gasteiger partial charge in [0.15, 0.2) is 0 Å². The summed E-state index contributed by atoms with van der Waals surface area (Å²) in [4.78, 5) is 11.5. The molecule has 0 saturated carbocycles. The molecule has 0 radical (unpaired) electrons. The third-order valence-electron chi connectivity index (χ3n) is 2.00. The summed E-state index contributed by atoms with van der Waals surface area (Å²) in [6, 6.07) is 7.32. The molecule has 5 N–H and O–H groups in total. The van der Waals surface area contributed by atoms with Crippen molar-refractivity contribution in [3.8, 4) is 5.75 Å². The number of nitrogens with zero attached hydrogens (tertiary/aromatic N) is 3. The lowest BCUT2D eigenvalue weighted by molar-refractivity contribution is 0.415. The number of rotatable bonds is 3. The smallest absolute Gasteiger partial charge is 0.233 e. The molecular formula is C10H12N6O. The van der Waals surface area contributed by atoms with Crippen molar-refractivity contribution in [2.75, 3.05) is 23.9 Å². The van der Waals surface area contributed by atoms with Crippen LogP contribution in [0.4, 0.5) is 23.5 Å². The summed E-state index contributed by atoms with van der Waals surface area (Å²) in [6.07, 6.45) is 0. The van der Waals surface area contributed by atoms with E-state index in [1.165, 1.54) is 0 Å². The van der Waals surface area contributed by atoms with E-state index in [0.29, 0.717) is 5.95 Å². The molecule has 1 heterocycles. The molecule has 0 amide bonds. The van der Waals surface area contributed by atoms with E-state index in [-0.39, 0.29) is 11.9 Å². The van der Waals surface area contributed by atoms with Gasteiger partial charge in [0.25, 0.3) is 0 Å². The van der Waals surface area contributed by atoms with Crippen LogP contribution in [0.15, 0.2) is 24.3 Å². The maximum atomic E-state index is 5.46. The molecule has 0 saturated heterocycles. The summed E-state index contributed by atoms with van der Waals surface area (Å²) in [7, 11) is 1.60. The van der Waals surface area contributed by atoms with E-state index in [2.05, 4.69) is 20.3 Å². The highest BCUT2D eigenvalue weighted by atomic mass is 16.5. The van der Waals surface area contributed by atoms with Gasteiger partial charge in [-0.05, 0) is 12.1 Å². The van der Waals surface area contributed by atoms with E-state index in [1.54, 1.807) is 13.2 Å². The number of nitrogen functional groups attached to an aromatic ring is 2. The molecule has 2 rings (SSSR count). The van der Waals surface area contributed by atoms with Gasteiger partial charge in [-0.15, -0.1) is 0 Å². The number of hydrogen-bond acceptors (Lipinski definition) is 7. The molecule has 0 unspecified atom stereocenters. The Hall–Kier alpha value is -2.57. The number of methoxy groups -OCH3 is 1. The van der Waals surface area contributed by atoms with Gasteiger partial charge in [-0.3, -0.25) is 0 Å². The summed E-state index contributed by atoms with van der Waals surface area (Å²) in [5.41, 5.74) is 11.7. The average molecular weight is 232 g/mol. The van der Waals surface area contributed by atoms with Crippen LogP contribution in [-0.2, 0) is 0 Å². The highest BCUT2D eigenvalue weighted by Gasteiger charge is 2.02. The van der Waals surface area contributed by atoms with E-state index in [1.807, 2.05) is 18.2 Å². The largest absolute Gasteiger partial charge is 0.497 e. The minimum atomic E-state index is 0.0721. The molecule has 1 aromatic heterocycles. The first-order valence-corrected chi connectivity index (χ1v) is 4.85. The highest BCUT2D eigenvalue weighted by Crippen LogP contribution is 2.19. The van der Waals surface area contributed by atoms with Gasteiger partial charge < -0.3 is 21.5 Å². The van der Waals surface area contributed by atoms with E-state index >= 15 is 0 Å². The first kappa shape index (κ1) is 10.9. The number of anilines is 4. The minimum absolute atomic E-state index is 0.0721. The molecule has 17 heavy (non-hydrogen) atoms. The zero-order valence-corrected chi connectivity index (χ0v) is 9.21. The van der Waals surface area contributed by atoms with Crippen molar-refractivity contribution in [1.82, 2.24) is 15.0 Å². The van der Waals surface area contributed by atoms with Crippen LogP contribution in [-0.4, -0.2) is 22.1 Å². The van der Waals surface area contributed by atoms with Gasteiger partial charge in [-0.25, -0.2) is 0 Å². The second kappa shape index (κ2) is 4.52. The Balaban J connectivity index is 2.24. The van der Waals surface area contributed by atoms with E-state index < -0.39 is 0 Å². The Labute approximate surface area is 97.9 Å². The van der Waals surface area contributed by atoms with Crippen LogP contribution in [0, 0.1) is 0 Å². The van der Waals surface area contributed by atoms with Crippen molar-refractivity contribution in [3.05, 3.63) is 24.3 Å². The standard InChI is InChI=1S/C10H12N6O/c1-17-7-4-2-3-6(5-7)13-10-15-8(11)14-9(12)16-10/h2-5H,1H3,(H5,11,12,13,14,15,16). The predicted octanol–water partition coefficient (Wildman–Crippen LogP) is 0.788. The molecular weight excluding hydrogens is 220 g/mol. The number of ether oxygens (including phenoxy) is 1. The zero-order chi connectivity index (χ0) is 12.3. The highest BCUT2D eigenvalue weighted by molar-refractivity contribution is 5.57. The summed E-state index contributed by atoms with van der Waals surface area (Å²) < 4.78 is 5.10. The third-order valence-corrected chi connectivity index (χ3v) is 2.00. The van der Waals surface area contributed by atoms with Gasteiger partial charge in [-0.2, -0.15) is 15.0 Å². The van der Waals surface area contributed by atoms with Crippen molar-refractivity contribution >= 4 is 23.5 Å². The van der Waals surface area contributed by atoms with Crippen LogP contribution in [0.2, 0.25) is 0 Å². The van der Waals surface area contributed by atoms with Crippen molar-refractivity contribution in [1.29, 1.82) is 0 Å². The second-order valence-corrected chi connectivity index (χ2v) is 3.23. The normalized spacial score (nSPS) is 9.94. The van der Waals surface area contributed by atoms with Crippen LogP contribution in [0.3, 0.4) is 0 Å². The fourth-order valence-corrected chi connectivity index (χ4v) is 1.30. The van der Waals surface area contributed by atoms with Gasteiger partial charge in [0.05, 0.1) is 7.11 Å². The fraction of sp³-hybridized carbons (Fsp3) is 0.100. The Morgan fingerprint density at radius 1 is 1.12 bits per heavy atom. The van der Waals surface area contributed by atoms with Crippen LogP contribution in [0.1, 0.15) is 0 Å². The number of nitrogens with two attached hydrogens (primary N) is 2. The van der Waals surface area contributed by atoms with Crippen LogP contribution < -0.4 is 21.5 Å². The molecule has 0 fully saturated rings. The van der Waals surface area contributed by atoms with E-state index in [4.69, 9.17) is 16.2 Å². The van der Waals surface area contributed by atoms with Crippen molar-refractivity contribution in [2.24, 2.45) is 0 Å². The van der Waals surface area contributed by atoms with Gasteiger partial charge in [0.1, 0.15) is 5.75 Å². The average Bonchev–Trinajstić information content (AvgIpc) is 2.28. The summed E-state index contributed by atoms with van der Waals surface area (Å²) >= 11 is 0. The monoisotopic (exact) mass is 232 g/mol. The quantitative estimate of drug-likeness (QED) is 0.717. The van der Waals surface area contributed by atoms with Crippen LogP contribution in [0.5, 0.6) is 5.75 Å². The summed E-state index contributed by atoms with van der Waals surface area (Å²) in [5.74, 6) is 1.17. The Morgan fingerprint density at radius 2 is 1.82 bits per heavy atom. The second-order valence-electron chi connectivity index (χ2n) is 3.23. The first-order valence-electron chi connectivity index (χ1n) is 4.85. The molecule has 88 valence electrons. The Kier molecular flexibility index (Phi) is 2.91. The van der Waals surface area contributed by atoms with Crippen molar-refractivity contribution < 1.29 is 4.74 Å². The molecule has 0 aliphatic carbocycles. The Bertz CT molecular complexity index is 510. The molecule has 7 heteroatoms. The molecule has 0 bridgehead atoms. The molecule has 1 aromatic carbocycles. The number of hydrogen-bond donors (Lipinski definition) is 3. The zero-order valence-electron chi connectivity index (χ0n) is 9.21. The number of aromatic nitrogens is 3. The number of nitrogens with one attached hydrogen (secondary N) is 1. The lowest BCUT2D eigenvalue weighted by atomic mass is 10.3. The summed E-state index contributed by atoms with van der Waals surface area (Å²) in [6.45, 7) is 0. The van der Waals surface area contributed by atoms with Gasteiger partial charge >= 0.3 is 0 Å². The molecule has 0 aliphatic rings. The molecule has 7 nitrogen and oxygen atoms in total. The number of benzene rings is 1. The fourth-order valence-electron chi connectivity index (χ4n) is 1.30. The lowest BCUT2D eigenvalue weighted by Gasteiger charge is -2.07. The molecule has 0 aliphatic heterocycles. The maximum Gasteiger partial charge on any atom is 0.233 e. The van der Waals surface area contributed by atoms with E-state index in [9.17, 15) is 0 Å². The molecule has 0 atom stereocenters. The van der Waals surface area contributed by atoms with E-state index in [0.717, 1.165) is 11.4 Å². The minimum Gasteiger partial charge on any atom is -0.497 e. The Morgan fingerprint density at radius 3 is 2.47 bits per heavy atom. The predicted molar refractivity (Wildman–Crippen MR) is 64.9 cm³/mol. The first-order chi connectivity index (χ1) is 8.17. The maximum absolute atomic E-state index is 5.46. The van der Waals surface area contributed by atoms with Crippen molar-refractivity contribution in [3.63, 3.8) is 0 Å². The summed E-state index contributed by atoms with van der Waals surface area (Å²) in [5, 5.41) is 2.96. The van der Waals surface area contributed by atoms with Gasteiger partial charge in [0, 0.05) is 11.8 Å². The molecule has 0 spiro atoms. The topological polar surface area (TPSA) is 112 Å². The SMILES string of the molecule is COc1cccc(Nc2nc(N)nc(N)n2)c1. The van der Waals surface area contributed by atoms with Crippen molar-refractivity contribution in [2.45, 2.75) is 0 Å². The van der Waals surface area contributed by atoms with Crippen LogP contribution in [0.25, 0.3) is 0 Å². The van der Waals surface area contributed by atoms with Gasteiger partial charge in [0.2, 0.25) is 17.8 Å². The van der Waals surface area contributed by atoms with Gasteiger partial charge in [-0.1, -0.05) is 6.07 Å². The van der Waals surface area contributed by atoms with Crippen LogP contribution >= 0.6 is 0 Å². The molecule has 2 aromatic rings.